The van der Waals surface area contributed by atoms with Crippen molar-refractivity contribution in [3.63, 3.8) is 0 Å². The van der Waals surface area contributed by atoms with Gasteiger partial charge in [-0.25, -0.2) is 24.5 Å². The van der Waals surface area contributed by atoms with Gasteiger partial charge in [-0.1, -0.05) is 97.9 Å². The van der Waals surface area contributed by atoms with E-state index in [2.05, 4.69) is 35.9 Å². The molecule has 0 spiro atoms. The second kappa shape index (κ2) is 26.8. The molecule has 2 aliphatic carbocycles. The number of aromatic nitrogens is 4. The molecule has 4 atom stereocenters. The van der Waals surface area contributed by atoms with Gasteiger partial charge in [-0.15, -0.1) is 0 Å². The van der Waals surface area contributed by atoms with Crippen LogP contribution in [0.2, 0.25) is 5.15 Å². The number of rotatable bonds is 14. The number of esters is 2. The largest absolute Gasteiger partial charge is 0.495 e. The van der Waals surface area contributed by atoms with Gasteiger partial charge < -0.3 is 52.1 Å². The molecule has 0 amide bonds. The normalized spacial score (nSPS) is 17.4. The number of halogens is 7. The Labute approximate surface area is 434 Å². The van der Waals surface area contributed by atoms with Crippen LogP contribution < -0.4 is 42.6 Å². The average molecular weight is 1070 g/mol. The van der Waals surface area contributed by atoms with Crippen molar-refractivity contribution in [1.29, 1.82) is 0 Å². The lowest BCUT2D eigenvalue weighted by Crippen LogP contribution is -2.43. The van der Waals surface area contributed by atoms with Gasteiger partial charge in [-0.3, -0.25) is 0 Å². The Kier molecular flexibility index (Phi) is 20.4. The van der Waals surface area contributed by atoms with Gasteiger partial charge in [0.15, 0.2) is 0 Å². The number of alkyl halides is 6. The molecule has 0 bridgehead atoms. The molecule has 2 saturated carbocycles. The molecule has 2 heterocycles. The molecule has 8 rings (SSSR count). The molecule has 0 aliphatic heterocycles. The molecular weight excluding hydrogens is 1010 g/mol. The van der Waals surface area contributed by atoms with Crippen LogP contribution in [0.15, 0.2) is 109 Å². The lowest BCUT2D eigenvalue weighted by Gasteiger charge is -2.30. The SMILES string of the molecule is COc1cc(C(=O)OCc2ccccc2)ccc1Nc1ncc(C(F)(F)F)c(Cl)n1.COc1cc(C(=O)OCc2ccccc2)ccc1Nc1ncc(C(F)(F)F)c(N[C@@H]2CCCC[C@H]2N)n1.N[C@@H]1CCCC[C@H]1N. The van der Waals surface area contributed by atoms with E-state index in [-0.39, 0.29) is 77.7 Å². The second-order valence-corrected chi connectivity index (χ2v) is 17.7. The maximum Gasteiger partial charge on any atom is 0.421 e. The van der Waals surface area contributed by atoms with E-state index in [4.69, 9.17) is 47.7 Å². The average Bonchev–Trinajstić information content (AvgIpc) is 3.39. The molecule has 4 aromatic carbocycles. The maximum atomic E-state index is 13.6. The summed E-state index contributed by atoms with van der Waals surface area (Å²) in [4.78, 5) is 40.0. The zero-order valence-corrected chi connectivity index (χ0v) is 41.6. The minimum atomic E-state index is -4.66. The molecule has 0 unspecified atom stereocenters. The molecular formula is C52H57ClF6N10O6. The summed E-state index contributed by atoms with van der Waals surface area (Å²) in [5, 5.41) is 7.74. The van der Waals surface area contributed by atoms with Crippen molar-refractivity contribution in [2.45, 2.75) is 101 Å². The van der Waals surface area contributed by atoms with Gasteiger partial charge in [-0.05, 0) is 73.2 Å². The zero-order chi connectivity index (χ0) is 54.1. The fourth-order valence-corrected chi connectivity index (χ4v) is 8.01. The van der Waals surface area contributed by atoms with Crippen molar-refractivity contribution in [3.05, 3.63) is 148 Å². The summed E-state index contributed by atoms with van der Waals surface area (Å²) >= 11 is 5.60. The van der Waals surface area contributed by atoms with Crippen molar-refractivity contribution in [1.82, 2.24) is 19.9 Å². The first-order valence-electron chi connectivity index (χ1n) is 23.7. The van der Waals surface area contributed by atoms with Crippen LogP contribution in [0, 0.1) is 0 Å². The quantitative estimate of drug-likeness (QED) is 0.0338. The number of ether oxygens (including phenoxy) is 4. The molecule has 0 radical (unpaired) electrons. The fraction of sp³-hybridized carbons (Fsp3) is 0.346. The molecule has 2 aromatic heterocycles. The lowest BCUT2D eigenvalue weighted by molar-refractivity contribution is -0.138. The Bertz CT molecular complexity index is 2810. The monoisotopic (exact) mass is 1070 g/mol. The van der Waals surface area contributed by atoms with Crippen LogP contribution in [0.5, 0.6) is 11.5 Å². The van der Waals surface area contributed by atoms with Gasteiger partial charge in [0, 0.05) is 36.6 Å². The van der Waals surface area contributed by atoms with E-state index in [0.717, 1.165) is 49.4 Å². The van der Waals surface area contributed by atoms with E-state index in [0.29, 0.717) is 24.0 Å². The van der Waals surface area contributed by atoms with Crippen LogP contribution in [0.25, 0.3) is 0 Å². The van der Waals surface area contributed by atoms with E-state index in [1.165, 1.54) is 57.4 Å². The number of hydrogen-bond donors (Lipinski definition) is 6. The Morgan fingerprint density at radius 1 is 0.600 bits per heavy atom. The summed E-state index contributed by atoms with van der Waals surface area (Å²) in [5.41, 5.74) is 18.2. The summed E-state index contributed by atoms with van der Waals surface area (Å²) in [5.74, 6) is -1.17. The van der Waals surface area contributed by atoms with Crippen molar-refractivity contribution in [3.8, 4) is 11.5 Å². The summed E-state index contributed by atoms with van der Waals surface area (Å²) in [6, 6.07) is 27.3. The van der Waals surface area contributed by atoms with Crippen molar-refractivity contribution < 1.29 is 54.9 Å². The van der Waals surface area contributed by atoms with E-state index in [1.54, 1.807) is 6.07 Å². The van der Waals surface area contributed by atoms with Gasteiger partial charge in [0.2, 0.25) is 11.9 Å². The molecule has 75 heavy (non-hydrogen) atoms. The zero-order valence-electron chi connectivity index (χ0n) is 40.9. The summed E-state index contributed by atoms with van der Waals surface area (Å²) in [7, 11) is 2.78. The molecule has 2 fully saturated rings. The Balaban J connectivity index is 0.000000215. The highest BCUT2D eigenvalue weighted by atomic mass is 35.5. The van der Waals surface area contributed by atoms with E-state index >= 15 is 0 Å². The van der Waals surface area contributed by atoms with Gasteiger partial charge in [0.05, 0.1) is 36.7 Å². The molecule has 16 nitrogen and oxygen atoms in total. The number of methoxy groups -OCH3 is 2. The maximum absolute atomic E-state index is 13.6. The predicted octanol–water partition coefficient (Wildman–Crippen LogP) is 10.8. The van der Waals surface area contributed by atoms with E-state index in [9.17, 15) is 35.9 Å². The summed E-state index contributed by atoms with van der Waals surface area (Å²) in [6.07, 6.45) is 0.0127. The molecule has 6 aromatic rings. The first-order chi connectivity index (χ1) is 35.8. The predicted molar refractivity (Wildman–Crippen MR) is 271 cm³/mol. The van der Waals surface area contributed by atoms with Crippen molar-refractivity contribution in [2.24, 2.45) is 17.2 Å². The minimum absolute atomic E-state index is 0.0717. The number of carbonyl (C=O) groups excluding carboxylic acids is 2. The van der Waals surface area contributed by atoms with Crippen LogP contribution in [-0.2, 0) is 35.0 Å². The molecule has 0 saturated heterocycles. The van der Waals surface area contributed by atoms with Crippen molar-refractivity contribution >= 4 is 52.6 Å². The Morgan fingerprint density at radius 2 is 1.03 bits per heavy atom. The molecule has 23 heteroatoms. The van der Waals surface area contributed by atoms with Crippen LogP contribution >= 0.6 is 11.6 Å². The van der Waals surface area contributed by atoms with Crippen LogP contribution in [-0.4, -0.2) is 70.3 Å². The molecule has 400 valence electrons. The number of nitrogens with zero attached hydrogens (tertiary/aromatic N) is 4. The minimum Gasteiger partial charge on any atom is -0.495 e. The van der Waals surface area contributed by atoms with Gasteiger partial charge in [0.1, 0.15) is 46.8 Å². The highest BCUT2D eigenvalue weighted by Gasteiger charge is 2.37. The van der Waals surface area contributed by atoms with Gasteiger partial charge >= 0.3 is 24.3 Å². The van der Waals surface area contributed by atoms with Crippen LogP contribution in [0.4, 0.5) is 55.4 Å². The first-order valence-corrected chi connectivity index (χ1v) is 24.1. The highest BCUT2D eigenvalue weighted by Crippen LogP contribution is 2.37. The highest BCUT2D eigenvalue weighted by molar-refractivity contribution is 6.30. The molecule has 2 aliphatic rings. The first kappa shape index (κ1) is 57.0. The number of nitrogens with two attached hydrogens (primary N) is 3. The standard InChI is InChI=1S/C26H28F3N5O3.C20H15ClF3N3O3.C6H14N2/c1-36-22-13-17(24(35)37-15-16-7-3-2-4-8-16)11-12-21(22)33-25-31-14-18(26(27,28)29)23(34-25)32-20-10-6-5-9-19(20)30;1-29-16-9-13(18(28)30-11-12-5-3-2-4-6-12)7-8-15(16)26-19-25-10-14(17(21)27-19)20(22,23)24;7-5-3-1-2-4-6(5)8/h2-4,7-8,11-14,19-20H,5-6,9-10,15,30H2,1H3,(H2,31,32,33,34);2-10H,11H2,1H3,(H,25,26,27);5-6H,1-4,7-8H2/t19-,20-;;5-,6-/m1.1/s1. The second-order valence-electron chi connectivity index (χ2n) is 17.4. The van der Waals surface area contributed by atoms with E-state index in [1.807, 2.05) is 60.7 Å². The Hall–Kier alpha value is -7.27. The third kappa shape index (κ3) is 16.9. The number of benzene rings is 4. The van der Waals surface area contributed by atoms with Crippen molar-refractivity contribution in [2.75, 3.05) is 30.2 Å². The summed E-state index contributed by atoms with van der Waals surface area (Å²) < 4.78 is 100. The lowest BCUT2D eigenvalue weighted by atomic mass is 9.91. The molecule has 9 N–H and O–H groups in total. The fourth-order valence-electron chi connectivity index (χ4n) is 7.77. The van der Waals surface area contributed by atoms with Crippen LogP contribution in [0.1, 0.15) is 94.3 Å². The summed E-state index contributed by atoms with van der Waals surface area (Å²) in [6.45, 7) is 0.224. The third-order valence-corrected chi connectivity index (χ3v) is 12.2. The topological polar surface area (TPSA) is 237 Å². The number of hydrogen-bond acceptors (Lipinski definition) is 16. The smallest absolute Gasteiger partial charge is 0.421 e. The van der Waals surface area contributed by atoms with E-state index < -0.39 is 40.6 Å². The number of carbonyl (C=O) groups is 2. The Morgan fingerprint density at radius 3 is 1.44 bits per heavy atom. The third-order valence-electron chi connectivity index (χ3n) is 12.0. The number of nitrogens with one attached hydrogen (secondary N) is 3. The number of anilines is 5. The van der Waals surface area contributed by atoms with Gasteiger partial charge in [0.25, 0.3) is 0 Å². The van der Waals surface area contributed by atoms with Crippen LogP contribution in [0.3, 0.4) is 0 Å². The van der Waals surface area contributed by atoms with Gasteiger partial charge in [-0.2, -0.15) is 31.3 Å².